The second kappa shape index (κ2) is 7.17. The van der Waals surface area contributed by atoms with E-state index in [1.165, 1.54) is 0 Å². The lowest BCUT2D eigenvalue weighted by molar-refractivity contribution is 0.100. The number of para-hydroxylation sites is 1. The summed E-state index contributed by atoms with van der Waals surface area (Å²) in [5.41, 5.74) is 3.75. The van der Waals surface area contributed by atoms with Crippen LogP contribution in [0.5, 0.6) is 11.5 Å². The predicted octanol–water partition coefficient (Wildman–Crippen LogP) is 3.34. The molecule has 0 spiro atoms. The Kier molecular flexibility index (Phi) is 4.79. The second-order valence-electron chi connectivity index (χ2n) is 5.63. The Morgan fingerprint density at radius 1 is 1.17 bits per heavy atom. The monoisotopic (exact) mass is 324 g/mol. The number of benzene rings is 2. The van der Waals surface area contributed by atoms with Gasteiger partial charge in [0.25, 0.3) is 0 Å². The van der Waals surface area contributed by atoms with E-state index in [-0.39, 0.29) is 19.1 Å². The van der Waals surface area contributed by atoms with Crippen molar-refractivity contribution in [3.8, 4) is 11.5 Å². The van der Waals surface area contributed by atoms with Gasteiger partial charge in [0.15, 0.2) is 17.3 Å². The summed E-state index contributed by atoms with van der Waals surface area (Å²) in [7, 11) is 1.90. The van der Waals surface area contributed by atoms with Crippen LogP contribution in [-0.4, -0.2) is 31.9 Å². The maximum absolute atomic E-state index is 12.3. The van der Waals surface area contributed by atoms with E-state index >= 15 is 0 Å². The molecule has 3 rings (SSSR count). The molecule has 0 aliphatic carbocycles. The molecule has 1 aliphatic rings. The van der Waals surface area contributed by atoms with Crippen LogP contribution >= 0.6 is 0 Å². The molecule has 24 heavy (non-hydrogen) atoms. The van der Waals surface area contributed by atoms with Gasteiger partial charge in [-0.2, -0.15) is 0 Å². The summed E-state index contributed by atoms with van der Waals surface area (Å²) in [5, 5.41) is 3.17. The van der Waals surface area contributed by atoms with E-state index < -0.39 is 0 Å². The van der Waals surface area contributed by atoms with Crippen molar-refractivity contribution < 1.29 is 14.3 Å². The van der Waals surface area contributed by atoms with Crippen molar-refractivity contribution in [2.45, 2.75) is 13.3 Å². The molecule has 5 nitrogen and oxygen atoms in total. The molecule has 2 aromatic rings. The SMILES string of the molecule is CNc1ccccc1C/C(C)=N/CC(=O)c1ccc2c(c1)OCO2. The molecule has 1 aliphatic heterocycles. The number of anilines is 1. The van der Waals surface area contributed by atoms with E-state index in [1.54, 1.807) is 18.2 Å². The summed E-state index contributed by atoms with van der Waals surface area (Å²) in [6.07, 6.45) is 0.714. The lowest BCUT2D eigenvalue weighted by Crippen LogP contribution is -2.08. The first-order valence-corrected chi connectivity index (χ1v) is 7.86. The van der Waals surface area contributed by atoms with Crippen LogP contribution in [0.15, 0.2) is 47.5 Å². The number of fused-ring (bicyclic) bond motifs is 1. The first kappa shape index (κ1) is 16.1. The van der Waals surface area contributed by atoms with E-state index in [0.717, 1.165) is 17.0 Å². The molecule has 1 heterocycles. The Morgan fingerprint density at radius 3 is 2.79 bits per heavy atom. The number of carbonyl (C=O) groups is 1. The summed E-state index contributed by atoms with van der Waals surface area (Å²) in [5.74, 6) is 1.26. The minimum Gasteiger partial charge on any atom is -0.454 e. The van der Waals surface area contributed by atoms with Crippen molar-refractivity contribution in [3.63, 3.8) is 0 Å². The second-order valence-corrected chi connectivity index (χ2v) is 5.63. The lowest BCUT2D eigenvalue weighted by Gasteiger charge is -2.08. The molecule has 0 atom stereocenters. The molecule has 5 heteroatoms. The number of aliphatic imine (C=N–C) groups is 1. The fourth-order valence-corrected chi connectivity index (χ4v) is 2.62. The zero-order valence-electron chi connectivity index (χ0n) is 13.8. The highest BCUT2D eigenvalue weighted by atomic mass is 16.7. The number of Topliss-reactive ketones (excluding diaryl/α,β-unsaturated/α-hetero) is 1. The van der Waals surface area contributed by atoms with Gasteiger partial charge in [-0.05, 0) is 36.8 Å². The minimum atomic E-state index is -0.0328. The van der Waals surface area contributed by atoms with E-state index in [2.05, 4.69) is 16.4 Å². The molecule has 124 valence electrons. The zero-order chi connectivity index (χ0) is 16.9. The van der Waals surface area contributed by atoms with Crippen LogP contribution in [-0.2, 0) is 6.42 Å². The number of rotatable bonds is 6. The first-order valence-electron chi connectivity index (χ1n) is 7.86. The molecule has 1 N–H and O–H groups in total. The van der Waals surface area contributed by atoms with Crippen LogP contribution in [0.2, 0.25) is 0 Å². The number of nitrogens with zero attached hydrogens (tertiary/aromatic N) is 1. The van der Waals surface area contributed by atoms with Crippen LogP contribution < -0.4 is 14.8 Å². The molecule has 0 bridgehead atoms. The van der Waals surface area contributed by atoms with Crippen molar-refractivity contribution in [2.75, 3.05) is 25.7 Å². The molecule has 2 aromatic carbocycles. The Morgan fingerprint density at radius 2 is 1.96 bits per heavy atom. The van der Waals surface area contributed by atoms with Crippen molar-refractivity contribution in [1.29, 1.82) is 0 Å². The van der Waals surface area contributed by atoms with Gasteiger partial charge in [0.05, 0.1) is 0 Å². The Labute approximate surface area is 141 Å². The molecule has 0 aromatic heterocycles. The van der Waals surface area contributed by atoms with E-state index in [1.807, 2.05) is 32.2 Å². The number of nitrogens with one attached hydrogen (secondary N) is 1. The van der Waals surface area contributed by atoms with Gasteiger partial charge in [-0.1, -0.05) is 18.2 Å². The number of ketones is 1. The standard InChI is InChI=1S/C19H20N2O3/c1-13(9-14-5-3-4-6-16(14)20-2)21-11-17(22)15-7-8-18-19(10-15)24-12-23-18/h3-8,10,20H,9,11-12H2,1-2H3/b21-13+. The van der Waals surface area contributed by atoms with Gasteiger partial charge >= 0.3 is 0 Å². The molecule has 0 amide bonds. The van der Waals surface area contributed by atoms with E-state index in [9.17, 15) is 4.79 Å². The number of hydrogen-bond acceptors (Lipinski definition) is 5. The van der Waals surface area contributed by atoms with E-state index in [0.29, 0.717) is 23.5 Å². The molecule has 0 saturated heterocycles. The smallest absolute Gasteiger partial charge is 0.231 e. The molecular weight excluding hydrogens is 304 g/mol. The normalized spacial score (nSPS) is 13.0. The Bertz CT molecular complexity index is 784. The molecule has 0 unspecified atom stereocenters. The van der Waals surface area contributed by atoms with Gasteiger partial charge in [-0.15, -0.1) is 0 Å². The van der Waals surface area contributed by atoms with Gasteiger partial charge in [0, 0.05) is 30.4 Å². The van der Waals surface area contributed by atoms with Gasteiger partial charge in [0.2, 0.25) is 6.79 Å². The summed E-state index contributed by atoms with van der Waals surface area (Å²) in [6.45, 7) is 2.28. The number of carbonyl (C=O) groups excluding carboxylic acids is 1. The zero-order valence-corrected chi connectivity index (χ0v) is 13.8. The van der Waals surface area contributed by atoms with Crippen molar-refractivity contribution in [1.82, 2.24) is 0 Å². The fourth-order valence-electron chi connectivity index (χ4n) is 2.62. The number of ether oxygens (including phenoxy) is 2. The predicted molar refractivity (Wildman–Crippen MR) is 94.6 cm³/mol. The highest BCUT2D eigenvalue weighted by Gasteiger charge is 2.16. The molecule has 0 radical (unpaired) electrons. The van der Waals surface area contributed by atoms with Crippen LogP contribution in [0.25, 0.3) is 0 Å². The highest BCUT2D eigenvalue weighted by molar-refractivity contribution is 5.99. The maximum atomic E-state index is 12.3. The number of hydrogen-bond donors (Lipinski definition) is 1. The maximum Gasteiger partial charge on any atom is 0.231 e. The van der Waals surface area contributed by atoms with Crippen LogP contribution in [0.1, 0.15) is 22.8 Å². The highest BCUT2D eigenvalue weighted by Crippen LogP contribution is 2.32. The summed E-state index contributed by atoms with van der Waals surface area (Å²) >= 11 is 0. The molecule has 0 saturated carbocycles. The third-order valence-electron chi connectivity index (χ3n) is 3.92. The summed E-state index contributed by atoms with van der Waals surface area (Å²) in [6, 6.07) is 13.3. The van der Waals surface area contributed by atoms with Crippen LogP contribution in [0, 0.1) is 0 Å². The molecular formula is C19H20N2O3. The van der Waals surface area contributed by atoms with Crippen molar-refractivity contribution in [3.05, 3.63) is 53.6 Å². The van der Waals surface area contributed by atoms with Gasteiger partial charge in [0.1, 0.15) is 6.54 Å². The lowest BCUT2D eigenvalue weighted by atomic mass is 10.1. The summed E-state index contributed by atoms with van der Waals surface area (Å²) < 4.78 is 10.6. The average Bonchev–Trinajstić information content (AvgIpc) is 3.07. The largest absolute Gasteiger partial charge is 0.454 e. The van der Waals surface area contributed by atoms with E-state index in [4.69, 9.17) is 9.47 Å². The van der Waals surface area contributed by atoms with Gasteiger partial charge in [-0.3, -0.25) is 9.79 Å². The van der Waals surface area contributed by atoms with Gasteiger partial charge in [-0.25, -0.2) is 0 Å². The van der Waals surface area contributed by atoms with Crippen LogP contribution in [0.3, 0.4) is 0 Å². The van der Waals surface area contributed by atoms with Crippen molar-refractivity contribution in [2.24, 2.45) is 4.99 Å². The average molecular weight is 324 g/mol. The molecule has 0 fully saturated rings. The third-order valence-corrected chi connectivity index (χ3v) is 3.92. The van der Waals surface area contributed by atoms with Crippen molar-refractivity contribution >= 4 is 17.2 Å². The third kappa shape index (κ3) is 3.56. The Hall–Kier alpha value is -2.82. The Balaban J connectivity index is 1.65. The quantitative estimate of drug-likeness (QED) is 0.654. The summed E-state index contributed by atoms with van der Waals surface area (Å²) in [4.78, 5) is 16.7. The van der Waals surface area contributed by atoms with Gasteiger partial charge < -0.3 is 14.8 Å². The van der Waals surface area contributed by atoms with Crippen LogP contribution in [0.4, 0.5) is 5.69 Å². The minimum absolute atomic E-state index is 0.0328. The first-order chi connectivity index (χ1) is 11.7. The topological polar surface area (TPSA) is 59.9 Å². The fraction of sp³-hybridized carbons (Fsp3) is 0.263.